The minimum Gasteiger partial charge on any atom is -0.497 e. The molecule has 3 atom stereocenters. The van der Waals surface area contributed by atoms with E-state index in [-0.39, 0.29) is 29.7 Å². The van der Waals surface area contributed by atoms with Crippen LogP contribution in [0.3, 0.4) is 0 Å². The molecule has 3 unspecified atom stereocenters. The van der Waals surface area contributed by atoms with Crippen LogP contribution in [0.2, 0.25) is 0 Å². The number of rotatable bonds is 6. The van der Waals surface area contributed by atoms with Gasteiger partial charge in [0.15, 0.2) is 0 Å². The summed E-state index contributed by atoms with van der Waals surface area (Å²) >= 11 is 0. The van der Waals surface area contributed by atoms with Gasteiger partial charge in [-0.05, 0) is 68.4 Å². The van der Waals surface area contributed by atoms with Crippen molar-refractivity contribution in [2.24, 2.45) is 11.8 Å². The molecule has 5 heteroatoms. The molecule has 0 spiro atoms. The van der Waals surface area contributed by atoms with E-state index in [0.29, 0.717) is 5.76 Å². The number of allylic oxidation sites excluding steroid dienone is 3. The maximum atomic E-state index is 13.2. The zero-order chi connectivity index (χ0) is 25.0. The predicted octanol–water partition coefficient (Wildman–Crippen LogP) is 5.97. The molecule has 0 amide bonds. The van der Waals surface area contributed by atoms with E-state index in [0.717, 1.165) is 35.3 Å². The van der Waals surface area contributed by atoms with Crippen molar-refractivity contribution in [3.05, 3.63) is 101 Å². The Morgan fingerprint density at radius 3 is 2.46 bits per heavy atom. The van der Waals surface area contributed by atoms with Gasteiger partial charge >= 0.3 is 11.9 Å². The minimum atomic E-state index is -0.520. The summed E-state index contributed by atoms with van der Waals surface area (Å²) in [5.74, 6) is 0.602. The lowest BCUT2D eigenvalue weighted by Crippen LogP contribution is -2.38. The van der Waals surface area contributed by atoms with Gasteiger partial charge in [-0.2, -0.15) is 0 Å². The Labute approximate surface area is 207 Å². The highest BCUT2D eigenvalue weighted by Crippen LogP contribution is 2.46. The third kappa shape index (κ3) is 6.10. The van der Waals surface area contributed by atoms with Gasteiger partial charge in [-0.3, -0.25) is 4.79 Å². The lowest BCUT2D eigenvalue weighted by molar-refractivity contribution is -0.149. The number of hydrogen-bond donors (Lipinski definition) is 0. The summed E-state index contributed by atoms with van der Waals surface area (Å²) in [7, 11) is 1.62. The molecule has 2 aromatic rings. The maximum Gasteiger partial charge on any atom is 0.331 e. The molecule has 0 saturated carbocycles. The van der Waals surface area contributed by atoms with E-state index in [4.69, 9.17) is 14.2 Å². The van der Waals surface area contributed by atoms with Crippen LogP contribution in [0, 0.1) is 11.8 Å². The average Bonchev–Trinajstić information content (AvgIpc) is 2.82. The number of benzene rings is 2. The fourth-order valence-corrected chi connectivity index (χ4v) is 4.73. The first kappa shape index (κ1) is 24.5. The Balaban J connectivity index is 1.56. The standard InChI is InChI=1S/C30H32O5/c1-30(2,3)35-27(31)17-14-20-10-12-21(13-11-20)18-25-24-16-15-23(33-4)19-26(24)34-29(32)28(25)22-8-6-5-7-9-22/h5-15,17,19,24-25,28H,16,18H2,1-4H3. The zero-order valence-electron chi connectivity index (χ0n) is 20.7. The summed E-state index contributed by atoms with van der Waals surface area (Å²) in [6, 6.07) is 17.9. The van der Waals surface area contributed by atoms with E-state index in [1.54, 1.807) is 13.2 Å². The first-order chi connectivity index (χ1) is 16.7. The van der Waals surface area contributed by atoms with Gasteiger partial charge in [-0.25, -0.2) is 4.79 Å². The van der Waals surface area contributed by atoms with Crippen molar-refractivity contribution in [2.75, 3.05) is 7.11 Å². The van der Waals surface area contributed by atoms with Crippen molar-refractivity contribution in [1.82, 2.24) is 0 Å². The van der Waals surface area contributed by atoms with Crippen molar-refractivity contribution in [3.63, 3.8) is 0 Å². The average molecular weight is 473 g/mol. The lowest BCUT2D eigenvalue weighted by atomic mass is 9.70. The largest absolute Gasteiger partial charge is 0.497 e. The van der Waals surface area contributed by atoms with Gasteiger partial charge in [-0.1, -0.05) is 54.6 Å². The second-order valence-electron chi connectivity index (χ2n) is 9.99. The van der Waals surface area contributed by atoms with Crippen LogP contribution in [0.5, 0.6) is 0 Å². The second-order valence-corrected chi connectivity index (χ2v) is 9.99. The number of carbonyl (C=O) groups excluding carboxylic acids is 2. The normalized spacial score (nSPS) is 22.1. The molecule has 4 rings (SSSR count). The first-order valence-electron chi connectivity index (χ1n) is 12.0. The van der Waals surface area contributed by atoms with Crippen LogP contribution in [0.15, 0.2) is 84.3 Å². The molecule has 35 heavy (non-hydrogen) atoms. The van der Waals surface area contributed by atoms with Crippen molar-refractivity contribution >= 4 is 18.0 Å². The highest BCUT2D eigenvalue weighted by Gasteiger charge is 2.44. The third-order valence-electron chi connectivity index (χ3n) is 6.30. The molecule has 2 aromatic carbocycles. The molecule has 5 nitrogen and oxygen atoms in total. The first-order valence-corrected chi connectivity index (χ1v) is 12.0. The van der Waals surface area contributed by atoms with E-state index in [9.17, 15) is 9.59 Å². The molecule has 1 aliphatic carbocycles. The van der Waals surface area contributed by atoms with Crippen LogP contribution in [0.4, 0.5) is 0 Å². The molecule has 1 heterocycles. The molecule has 0 bridgehead atoms. The fourth-order valence-electron chi connectivity index (χ4n) is 4.73. The zero-order valence-corrected chi connectivity index (χ0v) is 20.7. The molecular formula is C30H32O5. The highest BCUT2D eigenvalue weighted by molar-refractivity contribution is 5.87. The summed E-state index contributed by atoms with van der Waals surface area (Å²) in [6.07, 6.45) is 8.58. The number of esters is 2. The second kappa shape index (κ2) is 10.3. The molecule has 0 radical (unpaired) electrons. The number of methoxy groups -OCH3 is 1. The van der Waals surface area contributed by atoms with Gasteiger partial charge in [0.1, 0.15) is 17.1 Å². The SMILES string of the molecule is COC1=CCC2C(=C1)OC(=O)C(c1ccccc1)C2Cc1ccc(C=CC(=O)OC(C)(C)C)cc1. The fraction of sp³-hybridized carbons (Fsp3) is 0.333. The Morgan fingerprint density at radius 1 is 1.09 bits per heavy atom. The van der Waals surface area contributed by atoms with E-state index in [1.807, 2.05) is 69.3 Å². The van der Waals surface area contributed by atoms with Crippen molar-refractivity contribution in [1.29, 1.82) is 0 Å². The summed E-state index contributed by atoms with van der Waals surface area (Å²) in [5, 5.41) is 0. The minimum absolute atomic E-state index is 0.0442. The van der Waals surface area contributed by atoms with Gasteiger partial charge in [0.2, 0.25) is 0 Å². The maximum absolute atomic E-state index is 13.2. The van der Waals surface area contributed by atoms with Crippen molar-refractivity contribution in [3.8, 4) is 0 Å². The van der Waals surface area contributed by atoms with Crippen LogP contribution in [-0.4, -0.2) is 24.6 Å². The molecule has 1 aliphatic heterocycles. The molecule has 182 valence electrons. The summed E-state index contributed by atoms with van der Waals surface area (Å²) in [4.78, 5) is 25.1. The third-order valence-corrected chi connectivity index (χ3v) is 6.30. The number of carbonyl (C=O) groups is 2. The van der Waals surface area contributed by atoms with Crippen LogP contribution in [0.25, 0.3) is 6.08 Å². The Morgan fingerprint density at radius 2 is 1.80 bits per heavy atom. The summed E-state index contributed by atoms with van der Waals surface area (Å²) in [6.45, 7) is 5.53. The summed E-state index contributed by atoms with van der Waals surface area (Å²) < 4.78 is 16.5. The van der Waals surface area contributed by atoms with Crippen molar-refractivity contribution in [2.45, 2.75) is 45.1 Å². The van der Waals surface area contributed by atoms with Gasteiger partial charge in [0, 0.05) is 18.1 Å². The van der Waals surface area contributed by atoms with Gasteiger partial charge in [0.05, 0.1) is 13.0 Å². The molecular weight excluding hydrogens is 440 g/mol. The van der Waals surface area contributed by atoms with Crippen LogP contribution < -0.4 is 0 Å². The quantitative estimate of drug-likeness (QED) is 0.383. The van der Waals surface area contributed by atoms with Crippen LogP contribution in [0.1, 0.15) is 49.8 Å². The van der Waals surface area contributed by atoms with E-state index >= 15 is 0 Å². The van der Waals surface area contributed by atoms with Crippen LogP contribution in [-0.2, 0) is 30.2 Å². The van der Waals surface area contributed by atoms with Crippen LogP contribution >= 0.6 is 0 Å². The molecule has 2 aliphatic rings. The van der Waals surface area contributed by atoms with Crippen molar-refractivity contribution < 1.29 is 23.8 Å². The molecule has 0 aromatic heterocycles. The Bertz CT molecular complexity index is 1150. The van der Waals surface area contributed by atoms with E-state index in [1.165, 1.54) is 6.08 Å². The summed E-state index contributed by atoms with van der Waals surface area (Å²) in [5.41, 5.74) is 2.49. The van der Waals surface area contributed by atoms with E-state index in [2.05, 4.69) is 18.2 Å². The van der Waals surface area contributed by atoms with Gasteiger partial charge < -0.3 is 14.2 Å². The van der Waals surface area contributed by atoms with E-state index < -0.39 is 5.60 Å². The monoisotopic (exact) mass is 472 g/mol. The number of fused-ring (bicyclic) bond motifs is 1. The highest BCUT2D eigenvalue weighted by atomic mass is 16.6. The topological polar surface area (TPSA) is 61.8 Å². The lowest BCUT2D eigenvalue weighted by Gasteiger charge is -2.39. The molecule has 1 fully saturated rings. The Hall–Kier alpha value is -3.60. The smallest absolute Gasteiger partial charge is 0.331 e. The predicted molar refractivity (Wildman–Crippen MR) is 135 cm³/mol. The Kier molecular flexibility index (Phi) is 7.25. The van der Waals surface area contributed by atoms with Gasteiger partial charge in [0.25, 0.3) is 0 Å². The van der Waals surface area contributed by atoms with Gasteiger partial charge in [-0.15, -0.1) is 0 Å². The molecule has 1 saturated heterocycles. The molecule has 0 N–H and O–H groups in total. The number of hydrogen-bond acceptors (Lipinski definition) is 5. The number of ether oxygens (including phenoxy) is 3.